The quantitative estimate of drug-likeness (QED) is 0.0841. The Labute approximate surface area is 221 Å². The first-order valence-electron chi connectivity index (χ1n) is 14.1. The molecule has 2 unspecified atom stereocenters. The fourth-order valence-electron chi connectivity index (χ4n) is 5.38. The van der Waals surface area contributed by atoms with Crippen LogP contribution in [0.5, 0.6) is 0 Å². The maximum atomic E-state index is 12.0. The van der Waals surface area contributed by atoms with Gasteiger partial charge in [-0.1, -0.05) is 80.0 Å². The van der Waals surface area contributed by atoms with Gasteiger partial charge in [0.1, 0.15) is 0 Å². The van der Waals surface area contributed by atoms with Gasteiger partial charge < -0.3 is 24.8 Å². The molecule has 1 heterocycles. The van der Waals surface area contributed by atoms with E-state index in [0.29, 0.717) is 19.4 Å². The van der Waals surface area contributed by atoms with E-state index in [0.717, 1.165) is 83.5 Å². The van der Waals surface area contributed by atoms with E-state index >= 15 is 0 Å². The molecule has 35 heavy (non-hydrogen) atoms. The third kappa shape index (κ3) is 11.6. The molecule has 2 rings (SSSR count). The highest BCUT2D eigenvalue weighted by atomic mass is 79.9. The summed E-state index contributed by atoms with van der Waals surface area (Å²) in [5, 5.41) is 29.5. The van der Waals surface area contributed by atoms with Gasteiger partial charge in [-0.25, -0.2) is 0 Å². The van der Waals surface area contributed by atoms with Crippen LogP contribution in [0, 0.1) is 11.8 Å². The molecule has 0 radical (unpaired) electrons. The first-order valence-corrected chi connectivity index (χ1v) is 15.0. The lowest BCUT2D eigenvalue weighted by Gasteiger charge is -2.21. The van der Waals surface area contributed by atoms with E-state index in [-0.39, 0.29) is 41.4 Å². The maximum absolute atomic E-state index is 12.0. The number of carbonyl (C=O) groups is 1. The van der Waals surface area contributed by atoms with Crippen LogP contribution in [0.25, 0.3) is 0 Å². The van der Waals surface area contributed by atoms with Gasteiger partial charge in [0, 0.05) is 30.2 Å². The molecule has 0 aromatic rings. The van der Waals surface area contributed by atoms with Crippen molar-refractivity contribution in [2.45, 2.75) is 132 Å². The number of hydrogen-bond donors (Lipinski definition) is 3. The summed E-state index contributed by atoms with van der Waals surface area (Å²) in [5.41, 5.74) is 0. The molecular formula is C28H49BrO6. The number of aliphatic hydroxyl groups excluding tert-OH is 3. The highest BCUT2D eigenvalue weighted by Crippen LogP contribution is 2.46. The predicted molar refractivity (Wildman–Crippen MR) is 142 cm³/mol. The van der Waals surface area contributed by atoms with Crippen molar-refractivity contribution < 1.29 is 29.6 Å². The van der Waals surface area contributed by atoms with Crippen molar-refractivity contribution in [1.82, 2.24) is 0 Å². The van der Waals surface area contributed by atoms with Crippen LogP contribution in [0.4, 0.5) is 0 Å². The highest BCUT2D eigenvalue weighted by molar-refractivity contribution is 9.09. The number of halogens is 1. The van der Waals surface area contributed by atoms with Crippen molar-refractivity contribution in [2.24, 2.45) is 11.8 Å². The van der Waals surface area contributed by atoms with Gasteiger partial charge in [-0.2, -0.15) is 0 Å². The third-order valence-electron chi connectivity index (χ3n) is 7.48. The number of fused-ring (bicyclic) bond motifs is 1. The van der Waals surface area contributed by atoms with Crippen LogP contribution in [-0.2, 0) is 14.3 Å². The van der Waals surface area contributed by atoms with Gasteiger partial charge in [0.2, 0.25) is 0 Å². The van der Waals surface area contributed by atoms with Gasteiger partial charge in [0.25, 0.3) is 0 Å². The summed E-state index contributed by atoms with van der Waals surface area (Å²) in [4.78, 5) is 12.2. The van der Waals surface area contributed by atoms with Crippen LogP contribution in [-0.4, -0.2) is 63.7 Å². The third-order valence-corrected chi connectivity index (χ3v) is 8.53. The molecule has 204 valence electrons. The molecule has 7 heteroatoms. The summed E-state index contributed by atoms with van der Waals surface area (Å²) >= 11 is 3.78. The number of esters is 1. The van der Waals surface area contributed by atoms with E-state index in [1.165, 1.54) is 0 Å². The van der Waals surface area contributed by atoms with Crippen LogP contribution < -0.4 is 0 Å². The topological polar surface area (TPSA) is 96.2 Å². The second kappa shape index (κ2) is 17.9. The lowest BCUT2D eigenvalue weighted by atomic mass is 9.89. The minimum atomic E-state index is -0.438. The summed E-state index contributed by atoms with van der Waals surface area (Å²) in [6.07, 6.45) is 17.0. The van der Waals surface area contributed by atoms with Crippen molar-refractivity contribution in [3.8, 4) is 0 Å². The van der Waals surface area contributed by atoms with E-state index < -0.39 is 12.2 Å². The molecule has 1 saturated carbocycles. The molecule has 0 amide bonds. The fraction of sp³-hybridized carbons (Fsp3) is 0.893. The average molecular weight is 562 g/mol. The Hall–Kier alpha value is -0.470. The molecule has 6 nitrogen and oxygen atoms in total. The number of alkyl halides is 1. The SMILES string of the molecule is CCCCC[C@H](O)/C=C/[C@@H]1[C@H]2CC(C(Br)CCCC(=O)OCCCCCCCCO)O[C@@H]2C[C@H]1O. The lowest BCUT2D eigenvalue weighted by Crippen LogP contribution is -2.24. The van der Waals surface area contributed by atoms with Gasteiger partial charge >= 0.3 is 5.97 Å². The van der Waals surface area contributed by atoms with E-state index in [4.69, 9.17) is 14.6 Å². The van der Waals surface area contributed by atoms with E-state index in [1.54, 1.807) is 0 Å². The summed E-state index contributed by atoms with van der Waals surface area (Å²) in [5.74, 6) is 0.193. The Morgan fingerprint density at radius 3 is 2.54 bits per heavy atom. The highest BCUT2D eigenvalue weighted by Gasteiger charge is 2.49. The summed E-state index contributed by atoms with van der Waals surface area (Å²) < 4.78 is 11.6. The molecule has 0 aromatic heterocycles. The van der Waals surface area contributed by atoms with Crippen LogP contribution >= 0.6 is 15.9 Å². The van der Waals surface area contributed by atoms with Crippen molar-refractivity contribution in [1.29, 1.82) is 0 Å². The van der Waals surface area contributed by atoms with Crippen LogP contribution in [0.3, 0.4) is 0 Å². The number of unbranched alkanes of at least 4 members (excludes halogenated alkanes) is 7. The molecule has 7 atom stereocenters. The Balaban J connectivity index is 1.60. The van der Waals surface area contributed by atoms with Gasteiger partial charge in [0.05, 0.1) is 31.0 Å². The number of aliphatic hydroxyl groups is 3. The van der Waals surface area contributed by atoms with Gasteiger partial charge in [-0.3, -0.25) is 4.79 Å². The second-order valence-corrected chi connectivity index (χ2v) is 11.6. The van der Waals surface area contributed by atoms with E-state index in [2.05, 4.69) is 22.9 Å². The molecule has 0 spiro atoms. The normalized spacial score (nSPS) is 27.9. The number of hydrogen-bond acceptors (Lipinski definition) is 6. The lowest BCUT2D eigenvalue weighted by molar-refractivity contribution is -0.143. The molecular weight excluding hydrogens is 512 g/mol. The Morgan fingerprint density at radius 2 is 1.80 bits per heavy atom. The summed E-state index contributed by atoms with van der Waals surface area (Å²) in [7, 11) is 0. The standard InChI is InChI=1S/C28H49BrO6/c1-2-3-8-12-21(31)15-16-22-23-19-27(35-26(23)20-25(22)32)24(29)13-11-14-28(33)34-18-10-7-5-4-6-9-17-30/h15-16,21-27,30-32H,2-14,17-20H2,1H3/b16-15+/t21-,22+,23+,24?,25+,26+,27?/m0/s1. The van der Waals surface area contributed by atoms with Crippen LogP contribution in [0.15, 0.2) is 12.2 Å². The van der Waals surface area contributed by atoms with E-state index in [9.17, 15) is 15.0 Å². The molecule has 1 aliphatic carbocycles. The van der Waals surface area contributed by atoms with Crippen molar-refractivity contribution >= 4 is 21.9 Å². The average Bonchev–Trinajstić information content (AvgIpc) is 3.36. The molecule has 1 saturated heterocycles. The molecule has 2 fully saturated rings. The van der Waals surface area contributed by atoms with Gasteiger partial charge in [-0.05, 0) is 44.4 Å². The molecule has 0 bridgehead atoms. The zero-order valence-corrected chi connectivity index (χ0v) is 23.2. The number of ether oxygens (including phenoxy) is 2. The minimum Gasteiger partial charge on any atom is -0.466 e. The predicted octanol–water partition coefficient (Wildman–Crippen LogP) is 5.45. The minimum absolute atomic E-state index is 0.0372. The molecule has 3 N–H and O–H groups in total. The molecule has 1 aliphatic heterocycles. The fourth-order valence-corrected chi connectivity index (χ4v) is 6.05. The smallest absolute Gasteiger partial charge is 0.305 e. The largest absolute Gasteiger partial charge is 0.466 e. The summed E-state index contributed by atoms with van der Waals surface area (Å²) in [6.45, 7) is 2.92. The number of rotatable bonds is 19. The van der Waals surface area contributed by atoms with Gasteiger partial charge in [0.15, 0.2) is 0 Å². The van der Waals surface area contributed by atoms with Crippen molar-refractivity contribution in [3.63, 3.8) is 0 Å². The monoisotopic (exact) mass is 560 g/mol. The second-order valence-electron chi connectivity index (χ2n) is 10.4. The van der Waals surface area contributed by atoms with Gasteiger partial charge in [-0.15, -0.1) is 0 Å². The Bertz CT molecular complexity index is 600. The number of carbonyl (C=O) groups excluding carboxylic acids is 1. The maximum Gasteiger partial charge on any atom is 0.305 e. The molecule has 2 aliphatic rings. The molecule has 0 aromatic carbocycles. The van der Waals surface area contributed by atoms with E-state index in [1.807, 2.05) is 12.2 Å². The Morgan fingerprint density at radius 1 is 1.06 bits per heavy atom. The summed E-state index contributed by atoms with van der Waals surface area (Å²) in [6, 6.07) is 0. The first-order chi connectivity index (χ1) is 17.0. The zero-order valence-electron chi connectivity index (χ0n) is 21.7. The van der Waals surface area contributed by atoms with Crippen molar-refractivity contribution in [3.05, 3.63) is 12.2 Å². The first kappa shape index (κ1) is 30.8. The zero-order chi connectivity index (χ0) is 25.5. The van der Waals surface area contributed by atoms with Crippen LogP contribution in [0.1, 0.15) is 103 Å². The Kier molecular flexibility index (Phi) is 15.7. The van der Waals surface area contributed by atoms with Crippen molar-refractivity contribution in [2.75, 3.05) is 13.2 Å². The van der Waals surface area contributed by atoms with Crippen LogP contribution in [0.2, 0.25) is 0 Å².